The van der Waals surface area contributed by atoms with Gasteiger partial charge in [-0.15, -0.1) is 11.3 Å². The first-order chi connectivity index (χ1) is 19.6. The molecule has 0 unspecified atom stereocenters. The minimum absolute atomic E-state index is 0.152. The number of aromatic nitrogens is 6. The van der Waals surface area contributed by atoms with Crippen molar-refractivity contribution < 1.29 is 0 Å². The number of thiophene rings is 2. The zero-order valence-corrected chi connectivity index (χ0v) is 23.8. The lowest BCUT2D eigenvalue weighted by atomic mass is 10.3. The lowest BCUT2D eigenvalue weighted by Gasteiger charge is -2.13. The highest BCUT2D eigenvalue weighted by Gasteiger charge is 2.13. The second-order valence-corrected chi connectivity index (χ2v) is 12.0. The van der Waals surface area contributed by atoms with Crippen molar-refractivity contribution in [3.05, 3.63) is 82.9 Å². The molecule has 6 rings (SSSR count). The number of hydrogen-bond donors (Lipinski definition) is 4. The number of nitrogens with zero attached hydrogens (tertiary/aromatic N) is 6. The first kappa shape index (κ1) is 26.0. The van der Waals surface area contributed by atoms with Gasteiger partial charge in [-0.2, -0.15) is 41.2 Å². The van der Waals surface area contributed by atoms with Crippen molar-refractivity contribution in [1.29, 1.82) is 0 Å². The van der Waals surface area contributed by atoms with E-state index in [2.05, 4.69) is 40.5 Å². The molecule has 40 heavy (non-hydrogen) atoms. The zero-order chi connectivity index (χ0) is 27.3. The van der Waals surface area contributed by atoms with Crippen molar-refractivity contribution >= 4 is 79.4 Å². The van der Waals surface area contributed by atoms with Crippen LogP contribution in [0.25, 0.3) is 22.1 Å². The fourth-order valence-corrected chi connectivity index (χ4v) is 7.12. The van der Waals surface area contributed by atoms with Gasteiger partial charge in [0.25, 0.3) is 0 Å². The summed E-state index contributed by atoms with van der Waals surface area (Å²) in [5.41, 5.74) is 14.6. The largest absolute Gasteiger partial charge is 0.368 e. The third-order valence-corrected chi connectivity index (χ3v) is 9.35. The van der Waals surface area contributed by atoms with Crippen LogP contribution in [0.2, 0.25) is 0 Å². The van der Waals surface area contributed by atoms with E-state index in [9.17, 15) is 0 Å². The van der Waals surface area contributed by atoms with E-state index in [0.29, 0.717) is 23.5 Å². The molecule has 0 aliphatic rings. The monoisotopic (exact) mass is 600 g/mol. The maximum atomic E-state index is 5.98. The summed E-state index contributed by atoms with van der Waals surface area (Å²) in [6.07, 6.45) is 0. The topological polar surface area (TPSA) is 153 Å². The summed E-state index contributed by atoms with van der Waals surface area (Å²) in [7, 11) is 3.18. The third kappa shape index (κ3) is 6.15. The van der Waals surface area contributed by atoms with E-state index in [1.807, 2.05) is 82.9 Å². The van der Waals surface area contributed by atoms with Crippen molar-refractivity contribution in [2.45, 2.75) is 9.79 Å². The van der Waals surface area contributed by atoms with E-state index in [1.165, 1.54) is 0 Å². The second-order valence-electron chi connectivity index (χ2n) is 8.08. The molecule has 4 heterocycles. The average Bonchev–Trinajstić information content (AvgIpc) is 3.68. The van der Waals surface area contributed by atoms with Crippen LogP contribution in [0, 0.1) is 0 Å². The van der Waals surface area contributed by atoms with Gasteiger partial charge in [-0.05, 0) is 47.2 Å². The Balaban J connectivity index is 1.21. The maximum absolute atomic E-state index is 5.98. The summed E-state index contributed by atoms with van der Waals surface area (Å²) in [6.45, 7) is 0. The summed E-state index contributed by atoms with van der Waals surface area (Å²) in [5.74, 6) is 2.12. The van der Waals surface area contributed by atoms with E-state index >= 15 is 0 Å². The molecular formula is C26H20N10S4. The highest BCUT2D eigenvalue weighted by atomic mass is 33.1. The van der Waals surface area contributed by atoms with Crippen LogP contribution < -0.4 is 22.1 Å². The van der Waals surface area contributed by atoms with Gasteiger partial charge in [0.15, 0.2) is 11.6 Å². The lowest BCUT2D eigenvalue weighted by Crippen LogP contribution is -2.05. The predicted molar refractivity (Wildman–Crippen MR) is 166 cm³/mol. The fraction of sp³-hybridized carbons (Fsp3) is 0. The molecular weight excluding hydrogens is 581 g/mol. The standard InChI is InChI=1S/C26H20N10S4/c27-23-31-21(15-11-13-37-14-15)33-25(35-23)29-16-6-1-3-8-18(16)39-40-19-9-4-2-7-17(19)30-26-34-22(32-24(28)36-26)20-10-5-12-38-20/h1-14H,(H3,27,29,31,33,35)(H3,28,30,32,34,36). The van der Waals surface area contributed by atoms with Crippen molar-refractivity contribution in [1.82, 2.24) is 29.9 Å². The second kappa shape index (κ2) is 11.9. The van der Waals surface area contributed by atoms with Crippen LogP contribution in [0.3, 0.4) is 0 Å². The number of nitrogens with one attached hydrogen (secondary N) is 2. The van der Waals surface area contributed by atoms with Crippen molar-refractivity contribution in [2.75, 3.05) is 22.1 Å². The van der Waals surface area contributed by atoms with Gasteiger partial charge in [0.2, 0.25) is 23.8 Å². The molecule has 14 heteroatoms. The van der Waals surface area contributed by atoms with Crippen molar-refractivity contribution in [3.63, 3.8) is 0 Å². The first-order valence-corrected chi connectivity index (χ1v) is 15.7. The number of rotatable bonds is 9. The molecule has 0 saturated heterocycles. The van der Waals surface area contributed by atoms with E-state index in [-0.39, 0.29) is 11.9 Å². The molecule has 0 fully saturated rings. The van der Waals surface area contributed by atoms with E-state index < -0.39 is 0 Å². The number of nitrogens with two attached hydrogens (primary N) is 2. The lowest BCUT2D eigenvalue weighted by molar-refractivity contribution is 1.07. The van der Waals surface area contributed by atoms with Crippen LogP contribution in [0.1, 0.15) is 0 Å². The molecule has 6 N–H and O–H groups in total. The van der Waals surface area contributed by atoms with Crippen molar-refractivity contribution in [2.24, 2.45) is 0 Å². The SMILES string of the molecule is Nc1nc(Nc2ccccc2SSc2ccccc2Nc2nc(N)nc(-c3cccs3)n2)nc(-c2ccsc2)n1. The minimum Gasteiger partial charge on any atom is -0.368 e. The van der Waals surface area contributed by atoms with Crippen LogP contribution in [0.5, 0.6) is 0 Å². The molecule has 0 amide bonds. The molecule has 0 bridgehead atoms. The normalized spacial score (nSPS) is 10.9. The quantitative estimate of drug-likeness (QED) is 0.127. The smallest absolute Gasteiger partial charge is 0.232 e. The number of benzene rings is 2. The van der Waals surface area contributed by atoms with Crippen LogP contribution in [0.15, 0.2) is 92.7 Å². The predicted octanol–water partition coefficient (Wildman–Crippen LogP) is 6.96. The summed E-state index contributed by atoms with van der Waals surface area (Å²) < 4.78 is 0. The fourth-order valence-electron chi connectivity index (χ4n) is 3.55. The Morgan fingerprint density at radius 2 is 1.20 bits per heavy atom. The number of para-hydroxylation sites is 2. The summed E-state index contributed by atoms with van der Waals surface area (Å²) in [5, 5.41) is 12.5. The molecule has 4 aromatic heterocycles. The summed E-state index contributed by atoms with van der Waals surface area (Å²) >= 11 is 3.11. The van der Waals surface area contributed by atoms with Gasteiger partial charge in [0, 0.05) is 20.7 Å². The minimum atomic E-state index is 0.152. The highest BCUT2D eigenvalue weighted by molar-refractivity contribution is 8.76. The molecule has 0 atom stereocenters. The third-order valence-electron chi connectivity index (χ3n) is 5.31. The number of nitrogen functional groups attached to an aromatic ring is 2. The Labute approximate surface area is 245 Å². The molecule has 0 spiro atoms. The average molecular weight is 601 g/mol. The van der Waals surface area contributed by atoms with Crippen LogP contribution in [0.4, 0.5) is 35.2 Å². The first-order valence-electron chi connectivity index (χ1n) is 11.8. The molecule has 198 valence electrons. The Morgan fingerprint density at radius 3 is 1.77 bits per heavy atom. The summed E-state index contributed by atoms with van der Waals surface area (Å²) in [6, 6.07) is 21.7. The number of anilines is 6. The van der Waals surface area contributed by atoms with Crippen LogP contribution in [-0.4, -0.2) is 29.9 Å². The maximum Gasteiger partial charge on any atom is 0.232 e. The Kier molecular flexibility index (Phi) is 7.72. The van der Waals surface area contributed by atoms with Crippen LogP contribution in [-0.2, 0) is 0 Å². The van der Waals surface area contributed by atoms with Gasteiger partial charge < -0.3 is 22.1 Å². The number of hydrogen-bond acceptors (Lipinski definition) is 14. The molecule has 0 aliphatic heterocycles. The van der Waals surface area contributed by atoms with E-state index in [0.717, 1.165) is 31.6 Å². The zero-order valence-electron chi connectivity index (χ0n) is 20.6. The van der Waals surface area contributed by atoms with Gasteiger partial charge >= 0.3 is 0 Å². The van der Waals surface area contributed by atoms with Gasteiger partial charge in [0.05, 0.1) is 16.3 Å². The Hall–Kier alpha value is -4.24. The molecule has 0 radical (unpaired) electrons. The molecule has 0 aliphatic carbocycles. The molecule has 2 aromatic carbocycles. The van der Waals surface area contributed by atoms with Gasteiger partial charge in [-0.25, -0.2) is 0 Å². The Bertz CT molecular complexity index is 1610. The molecule has 6 aromatic rings. The highest BCUT2D eigenvalue weighted by Crippen LogP contribution is 2.44. The Morgan fingerprint density at radius 1 is 0.600 bits per heavy atom. The van der Waals surface area contributed by atoms with Gasteiger partial charge in [-0.3, -0.25) is 0 Å². The van der Waals surface area contributed by atoms with E-state index in [1.54, 1.807) is 44.3 Å². The summed E-state index contributed by atoms with van der Waals surface area (Å²) in [4.78, 5) is 29.1. The van der Waals surface area contributed by atoms with Crippen molar-refractivity contribution in [3.8, 4) is 22.1 Å². The van der Waals surface area contributed by atoms with Crippen LogP contribution >= 0.6 is 44.3 Å². The van der Waals surface area contributed by atoms with Gasteiger partial charge in [-0.1, -0.05) is 51.9 Å². The van der Waals surface area contributed by atoms with Gasteiger partial charge in [0.1, 0.15) is 0 Å². The van der Waals surface area contributed by atoms with E-state index in [4.69, 9.17) is 11.5 Å². The molecule has 0 saturated carbocycles. The molecule has 10 nitrogen and oxygen atoms in total.